The second-order valence-electron chi connectivity index (χ2n) is 3.20. The number of nitriles is 1. The molecule has 1 amide bonds. The Bertz CT molecular complexity index is 516. The molecule has 1 aromatic rings. The van der Waals surface area contributed by atoms with Crippen LogP contribution < -0.4 is 5.32 Å². The van der Waals surface area contributed by atoms with Gasteiger partial charge in [0, 0.05) is 0 Å². The first-order valence-corrected chi connectivity index (χ1v) is 5.82. The molecule has 94 valence electrons. The van der Waals surface area contributed by atoms with Crippen LogP contribution in [0.3, 0.4) is 0 Å². The van der Waals surface area contributed by atoms with E-state index in [1.54, 1.807) is 13.0 Å². The van der Waals surface area contributed by atoms with Crippen molar-refractivity contribution in [3.8, 4) is 6.07 Å². The number of rotatable bonds is 5. The standard InChI is InChI=1S/C11H11N3O3S/c1-3-6-17-10(16)9-7(2)13-11(18-9)14-8(15)4-5-12/h3H,1,4,6H2,2H3,(H,13,14,15). The van der Waals surface area contributed by atoms with E-state index < -0.39 is 11.9 Å². The van der Waals surface area contributed by atoms with Crippen LogP contribution >= 0.6 is 11.3 Å². The maximum absolute atomic E-state index is 11.6. The fourth-order valence-electron chi connectivity index (χ4n) is 1.07. The predicted octanol–water partition coefficient (Wildman–Crippen LogP) is 1.65. The lowest BCUT2D eigenvalue weighted by atomic mass is 10.4. The zero-order valence-electron chi connectivity index (χ0n) is 9.73. The molecule has 0 spiro atoms. The van der Waals surface area contributed by atoms with Crippen LogP contribution in [0.2, 0.25) is 0 Å². The van der Waals surface area contributed by atoms with Crippen LogP contribution in [0.25, 0.3) is 0 Å². The number of hydrogen-bond acceptors (Lipinski definition) is 6. The Morgan fingerprint density at radius 3 is 3.00 bits per heavy atom. The van der Waals surface area contributed by atoms with E-state index in [0.29, 0.717) is 10.6 Å². The van der Waals surface area contributed by atoms with Crippen molar-refractivity contribution in [3.05, 3.63) is 23.2 Å². The van der Waals surface area contributed by atoms with Gasteiger partial charge in [0.25, 0.3) is 0 Å². The van der Waals surface area contributed by atoms with E-state index in [2.05, 4.69) is 16.9 Å². The molecule has 1 heterocycles. The first kappa shape index (κ1) is 13.9. The lowest BCUT2D eigenvalue weighted by molar-refractivity contribution is -0.115. The summed E-state index contributed by atoms with van der Waals surface area (Å²) in [5.41, 5.74) is 0.473. The molecule has 1 aromatic heterocycles. The van der Waals surface area contributed by atoms with Crippen molar-refractivity contribution >= 4 is 28.3 Å². The molecule has 0 unspecified atom stereocenters. The number of carbonyl (C=O) groups excluding carboxylic acids is 2. The van der Waals surface area contributed by atoms with Gasteiger partial charge in [-0.05, 0) is 6.92 Å². The summed E-state index contributed by atoms with van der Waals surface area (Å²) in [5.74, 6) is -0.969. The molecule has 0 aliphatic heterocycles. The van der Waals surface area contributed by atoms with Crippen LogP contribution in [0.1, 0.15) is 21.8 Å². The van der Waals surface area contributed by atoms with E-state index in [1.165, 1.54) is 6.08 Å². The van der Waals surface area contributed by atoms with Gasteiger partial charge in [-0.2, -0.15) is 5.26 Å². The van der Waals surface area contributed by atoms with Gasteiger partial charge in [-0.15, -0.1) is 0 Å². The van der Waals surface area contributed by atoms with Crippen molar-refractivity contribution < 1.29 is 14.3 Å². The van der Waals surface area contributed by atoms with Gasteiger partial charge >= 0.3 is 5.97 Å². The first-order valence-electron chi connectivity index (χ1n) is 5.00. The average molecular weight is 265 g/mol. The zero-order valence-corrected chi connectivity index (χ0v) is 10.5. The van der Waals surface area contributed by atoms with Crippen LogP contribution in [-0.4, -0.2) is 23.5 Å². The van der Waals surface area contributed by atoms with E-state index in [4.69, 9.17) is 10.00 Å². The number of anilines is 1. The maximum Gasteiger partial charge on any atom is 0.350 e. The summed E-state index contributed by atoms with van der Waals surface area (Å²) in [4.78, 5) is 27.1. The van der Waals surface area contributed by atoms with Crippen molar-refractivity contribution in [2.24, 2.45) is 0 Å². The molecule has 0 bridgehead atoms. The van der Waals surface area contributed by atoms with Crippen LogP contribution in [0.4, 0.5) is 5.13 Å². The SMILES string of the molecule is C=CCOC(=O)c1sc(NC(=O)CC#N)nc1C. The molecule has 6 nitrogen and oxygen atoms in total. The van der Waals surface area contributed by atoms with Gasteiger partial charge < -0.3 is 10.1 Å². The van der Waals surface area contributed by atoms with Gasteiger partial charge in [0.15, 0.2) is 5.13 Å². The highest BCUT2D eigenvalue weighted by Crippen LogP contribution is 2.23. The van der Waals surface area contributed by atoms with Crippen molar-refractivity contribution in [2.75, 3.05) is 11.9 Å². The number of aryl methyl sites for hydroxylation is 1. The second kappa shape index (κ2) is 6.51. The van der Waals surface area contributed by atoms with Crippen molar-refractivity contribution in [1.82, 2.24) is 4.98 Å². The van der Waals surface area contributed by atoms with Gasteiger partial charge in [-0.1, -0.05) is 24.0 Å². The molecule has 1 N–H and O–H groups in total. The van der Waals surface area contributed by atoms with Gasteiger partial charge in [0.05, 0.1) is 11.8 Å². The summed E-state index contributed by atoms with van der Waals surface area (Å²) in [6.07, 6.45) is 1.21. The molecule has 0 aliphatic carbocycles. The number of nitrogens with zero attached hydrogens (tertiary/aromatic N) is 2. The Morgan fingerprint density at radius 1 is 1.67 bits per heavy atom. The largest absolute Gasteiger partial charge is 0.457 e. The summed E-state index contributed by atoms with van der Waals surface area (Å²) in [7, 11) is 0. The number of amides is 1. The summed E-state index contributed by atoms with van der Waals surface area (Å²) in [6.45, 7) is 5.19. The molecule has 0 atom stereocenters. The molecule has 0 aromatic carbocycles. The number of thiazole rings is 1. The molecule has 0 radical (unpaired) electrons. The van der Waals surface area contributed by atoms with Crippen molar-refractivity contribution in [2.45, 2.75) is 13.3 Å². The minimum atomic E-state index is -0.509. The topological polar surface area (TPSA) is 92.1 Å². The number of nitrogens with one attached hydrogen (secondary N) is 1. The summed E-state index contributed by atoms with van der Waals surface area (Å²) in [6, 6.07) is 1.72. The molecule has 0 fully saturated rings. The molecule has 0 aliphatic rings. The number of hydrogen-bond donors (Lipinski definition) is 1. The third kappa shape index (κ3) is 3.68. The second-order valence-corrected chi connectivity index (χ2v) is 4.20. The quantitative estimate of drug-likeness (QED) is 0.645. The van der Waals surface area contributed by atoms with Gasteiger partial charge in [-0.3, -0.25) is 4.79 Å². The Morgan fingerprint density at radius 2 is 2.39 bits per heavy atom. The molecule has 0 saturated heterocycles. The highest BCUT2D eigenvalue weighted by Gasteiger charge is 2.17. The van der Waals surface area contributed by atoms with Gasteiger partial charge in [0.2, 0.25) is 5.91 Å². The average Bonchev–Trinajstić information content (AvgIpc) is 2.67. The van der Waals surface area contributed by atoms with Crippen molar-refractivity contribution in [3.63, 3.8) is 0 Å². The van der Waals surface area contributed by atoms with Crippen LogP contribution in [0.5, 0.6) is 0 Å². The molecule has 1 rings (SSSR count). The smallest absolute Gasteiger partial charge is 0.350 e. The fraction of sp³-hybridized carbons (Fsp3) is 0.273. The van der Waals surface area contributed by atoms with E-state index >= 15 is 0 Å². The normalized spacial score (nSPS) is 9.33. The van der Waals surface area contributed by atoms with E-state index in [1.807, 2.05) is 0 Å². The summed E-state index contributed by atoms with van der Waals surface area (Å²) < 4.78 is 4.87. The van der Waals surface area contributed by atoms with E-state index in [0.717, 1.165) is 11.3 Å². The third-order valence-corrected chi connectivity index (χ3v) is 2.85. The Hall–Kier alpha value is -2.20. The maximum atomic E-state index is 11.6. The molecule has 0 saturated carbocycles. The Kier molecular flexibility index (Phi) is 5.02. The molecule has 18 heavy (non-hydrogen) atoms. The zero-order chi connectivity index (χ0) is 13.5. The van der Waals surface area contributed by atoms with E-state index in [-0.39, 0.29) is 18.2 Å². The van der Waals surface area contributed by atoms with Crippen LogP contribution in [0.15, 0.2) is 12.7 Å². The Balaban J connectivity index is 2.75. The highest BCUT2D eigenvalue weighted by atomic mass is 32.1. The minimum absolute atomic E-state index is 0.117. The van der Waals surface area contributed by atoms with Crippen molar-refractivity contribution in [1.29, 1.82) is 5.26 Å². The fourth-order valence-corrected chi connectivity index (χ4v) is 1.95. The lowest BCUT2D eigenvalue weighted by Crippen LogP contribution is -2.09. The number of esters is 1. The predicted molar refractivity (Wildman–Crippen MR) is 66.2 cm³/mol. The van der Waals surface area contributed by atoms with Crippen LogP contribution in [0, 0.1) is 18.3 Å². The molecular formula is C11H11N3O3S. The van der Waals surface area contributed by atoms with E-state index in [9.17, 15) is 9.59 Å². The number of carbonyl (C=O) groups is 2. The number of aromatic nitrogens is 1. The Labute approximate surface area is 108 Å². The first-order chi connectivity index (χ1) is 8.58. The monoisotopic (exact) mass is 265 g/mol. The molecular weight excluding hydrogens is 254 g/mol. The molecule has 7 heteroatoms. The van der Waals surface area contributed by atoms with Gasteiger partial charge in [-0.25, -0.2) is 9.78 Å². The lowest BCUT2D eigenvalue weighted by Gasteiger charge is -1.98. The highest BCUT2D eigenvalue weighted by molar-refractivity contribution is 7.17. The van der Waals surface area contributed by atoms with Crippen LogP contribution in [-0.2, 0) is 9.53 Å². The number of ether oxygens (including phenoxy) is 1. The minimum Gasteiger partial charge on any atom is -0.457 e. The summed E-state index contributed by atoms with van der Waals surface area (Å²) in [5, 5.41) is 11.1. The third-order valence-electron chi connectivity index (χ3n) is 1.80. The summed E-state index contributed by atoms with van der Waals surface area (Å²) >= 11 is 1.01. The van der Waals surface area contributed by atoms with Gasteiger partial charge in [0.1, 0.15) is 17.9 Å².